The summed E-state index contributed by atoms with van der Waals surface area (Å²) in [6.07, 6.45) is 11.4. The van der Waals surface area contributed by atoms with Crippen molar-refractivity contribution in [1.29, 1.82) is 0 Å². The average Bonchev–Trinajstić information content (AvgIpc) is 3.47. The first-order chi connectivity index (χ1) is 22.0. The Labute approximate surface area is 264 Å². The van der Waals surface area contributed by atoms with Gasteiger partial charge in [0, 0.05) is 68.8 Å². The lowest BCUT2D eigenvalue weighted by atomic mass is 9.99. The maximum atomic E-state index is 10.5. The van der Waals surface area contributed by atoms with Crippen LogP contribution in [0.1, 0.15) is 43.7 Å². The van der Waals surface area contributed by atoms with Crippen molar-refractivity contribution >= 4 is 23.3 Å². The summed E-state index contributed by atoms with van der Waals surface area (Å²) in [5, 5.41) is 26.4. The first-order valence-corrected chi connectivity index (χ1v) is 15.8. The van der Waals surface area contributed by atoms with E-state index in [2.05, 4.69) is 33.3 Å². The van der Waals surface area contributed by atoms with Crippen molar-refractivity contribution in [2.75, 3.05) is 76.5 Å². The summed E-state index contributed by atoms with van der Waals surface area (Å²) in [7, 11) is 1.91. The Kier molecular flexibility index (Phi) is 13.8. The van der Waals surface area contributed by atoms with E-state index in [1.165, 1.54) is 6.42 Å². The quantitative estimate of drug-likeness (QED) is 0.125. The van der Waals surface area contributed by atoms with Gasteiger partial charge in [-0.1, -0.05) is 19.1 Å². The number of nitrogens with one attached hydrogen (secondary N) is 1. The molecule has 3 aromatic heterocycles. The van der Waals surface area contributed by atoms with Gasteiger partial charge in [-0.15, -0.1) is 0 Å². The molecule has 45 heavy (non-hydrogen) atoms. The third kappa shape index (κ3) is 10.7. The topological polar surface area (TPSA) is 147 Å². The smallest absolute Gasteiger partial charge is 0.328 e. The van der Waals surface area contributed by atoms with Gasteiger partial charge in [-0.3, -0.25) is 0 Å². The Morgan fingerprint density at radius 3 is 2.73 bits per heavy atom. The molecule has 246 valence electrons. The van der Waals surface area contributed by atoms with Crippen molar-refractivity contribution < 1.29 is 29.2 Å². The summed E-state index contributed by atoms with van der Waals surface area (Å²) in [5.74, 6) is 1.38. The van der Waals surface area contributed by atoms with E-state index in [4.69, 9.17) is 24.3 Å². The second kappa shape index (κ2) is 18.3. The highest BCUT2D eigenvalue weighted by molar-refractivity contribution is 5.79. The number of aliphatic carboxylic acids is 1. The van der Waals surface area contributed by atoms with E-state index in [1.54, 1.807) is 12.3 Å². The predicted octanol–water partition coefficient (Wildman–Crippen LogP) is 3.02. The zero-order chi connectivity index (χ0) is 31.9. The number of hydrogen-bond acceptors (Lipinski definition) is 11. The Morgan fingerprint density at radius 2 is 1.98 bits per heavy atom. The molecule has 0 aliphatic carbocycles. The van der Waals surface area contributed by atoms with E-state index < -0.39 is 5.97 Å². The number of hydrogen-bond donors (Lipinski definition) is 3. The molecule has 1 fully saturated rings. The lowest BCUT2D eigenvalue weighted by molar-refractivity contribution is -0.131. The predicted molar refractivity (Wildman–Crippen MR) is 172 cm³/mol. The largest absolute Gasteiger partial charge is 0.478 e. The van der Waals surface area contributed by atoms with Crippen LogP contribution in [-0.2, 0) is 27.2 Å². The number of carboxylic acid groups (broad SMARTS) is 1. The van der Waals surface area contributed by atoms with Crippen LogP contribution in [0.5, 0.6) is 5.88 Å². The van der Waals surface area contributed by atoms with Crippen molar-refractivity contribution in [1.82, 2.24) is 24.5 Å². The minimum absolute atomic E-state index is 0.174. The molecule has 1 saturated heterocycles. The molecular weight excluding hydrogens is 578 g/mol. The number of aromatic nitrogens is 4. The highest BCUT2D eigenvalue weighted by Crippen LogP contribution is 2.29. The van der Waals surface area contributed by atoms with Crippen LogP contribution in [0.25, 0.3) is 5.65 Å². The fourth-order valence-corrected chi connectivity index (χ4v) is 5.24. The number of ether oxygens (including phenoxy) is 3. The van der Waals surface area contributed by atoms with Crippen molar-refractivity contribution in [3.63, 3.8) is 0 Å². The Bertz CT molecular complexity index is 1350. The average molecular weight is 626 g/mol. The number of rotatable bonds is 20. The van der Waals surface area contributed by atoms with Crippen molar-refractivity contribution in [2.24, 2.45) is 0 Å². The fourth-order valence-electron chi connectivity index (χ4n) is 5.24. The van der Waals surface area contributed by atoms with Gasteiger partial charge in [0.25, 0.3) is 0 Å². The van der Waals surface area contributed by atoms with Crippen LogP contribution < -0.4 is 15.0 Å². The van der Waals surface area contributed by atoms with E-state index >= 15 is 0 Å². The minimum Gasteiger partial charge on any atom is -0.478 e. The Balaban J connectivity index is 1.20. The van der Waals surface area contributed by atoms with Gasteiger partial charge in [0.2, 0.25) is 5.88 Å². The van der Waals surface area contributed by atoms with E-state index in [0.717, 1.165) is 66.7 Å². The highest BCUT2D eigenvalue weighted by atomic mass is 16.5. The van der Waals surface area contributed by atoms with Gasteiger partial charge in [-0.05, 0) is 44.7 Å². The molecule has 1 aliphatic rings. The zero-order valence-electron chi connectivity index (χ0n) is 26.4. The molecule has 0 radical (unpaired) electrons. The number of aliphatic hydroxyl groups is 1. The molecule has 0 aromatic carbocycles. The minimum atomic E-state index is -0.943. The number of piperidine rings is 1. The number of aliphatic hydroxyl groups excluding tert-OH is 1. The van der Waals surface area contributed by atoms with Crippen molar-refractivity contribution in [3.8, 4) is 5.88 Å². The van der Waals surface area contributed by atoms with E-state index in [9.17, 15) is 9.90 Å². The standard InChI is InChI=1S/C32H47N7O6/c1-3-26-24-35-39-28(21-29(36-32(26)39)38-13-5-4-7-27(38)11-15-40)33-22-25-9-10-30(34-23-25)45-20-19-44-18-17-43-16-14-37(2)12-6-8-31(41)42/h6,8-10,21,23-24,27,33,40H,3-5,7,11-20,22H2,1-2H3,(H,41,42)/b8-6+. The SMILES string of the molecule is CCc1cnn2c(NCc3ccc(OCCOCCOCCN(C)C/C=C/C(=O)O)nc3)cc(N3CCCCC3CCO)nc12. The monoisotopic (exact) mass is 625 g/mol. The molecule has 0 spiro atoms. The zero-order valence-corrected chi connectivity index (χ0v) is 26.4. The van der Waals surface area contributed by atoms with Crippen LogP contribution in [0.15, 0.2) is 42.7 Å². The third-order valence-electron chi connectivity index (χ3n) is 7.71. The van der Waals surface area contributed by atoms with E-state index in [0.29, 0.717) is 58.5 Å². The van der Waals surface area contributed by atoms with Crippen molar-refractivity contribution in [2.45, 2.75) is 51.6 Å². The van der Waals surface area contributed by atoms with Gasteiger partial charge in [-0.2, -0.15) is 9.61 Å². The molecule has 3 aromatic rings. The first kappa shape index (κ1) is 34.1. The highest BCUT2D eigenvalue weighted by Gasteiger charge is 2.25. The normalized spacial score (nSPS) is 15.4. The molecule has 13 nitrogen and oxygen atoms in total. The number of fused-ring (bicyclic) bond motifs is 1. The summed E-state index contributed by atoms with van der Waals surface area (Å²) in [4.78, 5) is 24.3. The van der Waals surface area contributed by atoms with Crippen LogP contribution in [0, 0.1) is 0 Å². The summed E-state index contributed by atoms with van der Waals surface area (Å²) >= 11 is 0. The number of pyridine rings is 1. The van der Waals surface area contributed by atoms with Gasteiger partial charge < -0.3 is 39.5 Å². The number of carbonyl (C=O) groups is 1. The van der Waals surface area contributed by atoms with E-state index in [-0.39, 0.29) is 12.6 Å². The van der Waals surface area contributed by atoms with Crippen LogP contribution in [-0.4, -0.2) is 113 Å². The number of likely N-dealkylation sites (N-methyl/N-ethyl adjacent to an activating group) is 1. The number of anilines is 2. The molecule has 4 rings (SSSR count). The van der Waals surface area contributed by atoms with E-state index in [1.807, 2.05) is 34.8 Å². The molecule has 13 heteroatoms. The van der Waals surface area contributed by atoms with Gasteiger partial charge in [0.1, 0.15) is 18.2 Å². The second-order valence-corrected chi connectivity index (χ2v) is 11.0. The Hall–Kier alpha value is -3.78. The molecule has 0 saturated carbocycles. The second-order valence-electron chi connectivity index (χ2n) is 11.0. The Morgan fingerprint density at radius 1 is 1.16 bits per heavy atom. The number of nitrogens with zero attached hydrogens (tertiary/aromatic N) is 6. The maximum absolute atomic E-state index is 10.5. The number of aryl methyl sites for hydroxylation is 1. The summed E-state index contributed by atoms with van der Waals surface area (Å²) in [6, 6.07) is 6.19. The molecule has 4 heterocycles. The lowest BCUT2D eigenvalue weighted by Crippen LogP contribution is -2.40. The summed E-state index contributed by atoms with van der Waals surface area (Å²) in [5.41, 5.74) is 2.96. The van der Waals surface area contributed by atoms with Crippen LogP contribution in [0.2, 0.25) is 0 Å². The fraction of sp³-hybridized carbons (Fsp3) is 0.562. The van der Waals surface area contributed by atoms with Crippen LogP contribution in [0.3, 0.4) is 0 Å². The van der Waals surface area contributed by atoms with Gasteiger partial charge >= 0.3 is 5.97 Å². The molecular formula is C32H47N7O6. The number of carboxylic acids is 1. The van der Waals surface area contributed by atoms with Crippen LogP contribution in [0.4, 0.5) is 11.6 Å². The molecule has 1 unspecified atom stereocenters. The molecule has 0 amide bonds. The first-order valence-electron chi connectivity index (χ1n) is 15.8. The third-order valence-corrected chi connectivity index (χ3v) is 7.71. The molecule has 1 atom stereocenters. The van der Waals surface area contributed by atoms with Gasteiger partial charge in [0.15, 0.2) is 5.65 Å². The molecule has 3 N–H and O–H groups in total. The van der Waals surface area contributed by atoms with Gasteiger partial charge in [-0.25, -0.2) is 14.8 Å². The molecule has 1 aliphatic heterocycles. The summed E-state index contributed by atoms with van der Waals surface area (Å²) in [6.45, 7) is 7.32. The summed E-state index contributed by atoms with van der Waals surface area (Å²) < 4.78 is 18.7. The van der Waals surface area contributed by atoms with Crippen LogP contribution >= 0.6 is 0 Å². The molecule has 0 bridgehead atoms. The lowest BCUT2D eigenvalue weighted by Gasteiger charge is -2.36. The van der Waals surface area contributed by atoms with Crippen molar-refractivity contribution in [3.05, 3.63) is 53.9 Å². The maximum Gasteiger partial charge on any atom is 0.328 e. The van der Waals surface area contributed by atoms with Gasteiger partial charge in [0.05, 0.1) is 32.6 Å².